The molecule has 18 heavy (non-hydrogen) atoms. The number of hydrogen-bond acceptors (Lipinski definition) is 3. The van der Waals surface area contributed by atoms with Crippen molar-refractivity contribution in [2.24, 2.45) is 0 Å². The summed E-state index contributed by atoms with van der Waals surface area (Å²) < 4.78 is 0. The lowest BCUT2D eigenvalue weighted by atomic mass is 9.98. The van der Waals surface area contributed by atoms with Crippen molar-refractivity contribution in [3.05, 3.63) is 36.0 Å². The van der Waals surface area contributed by atoms with Crippen LogP contribution in [0.1, 0.15) is 30.3 Å². The molecule has 3 heterocycles. The van der Waals surface area contributed by atoms with Gasteiger partial charge in [0.25, 0.3) is 0 Å². The molecule has 4 nitrogen and oxygen atoms in total. The van der Waals surface area contributed by atoms with Crippen LogP contribution in [0.15, 0.2) is 24.5 Å². The summed E-state index contributed by atoms with van der Waals surface area (Å²) in [7, 11) is 0. The first-order valence-corrected chi connectivity index (χ1v) is 6.52. The smallest absolute Gasteiger partial charge is 0.133 e. The molecule has 3 rings (SSSR count). The van der Waals surface area contributed by atoms with Gasteiger partial charge in [-0.15, -0.1) is 0 Å². The van der Waals surface area contributed by atoms with Crippen LogP contribution < -0.4 is 5.32 Å². The molecule has 1 aliphatic heterocycles. The number of hydrogen-bond donors (Lipinski definition) is 2. The number of nitrogens with zero attached hydrogens (tertiary/aromatic N) is 2. The highest BCUT2D eigenvalue weighted by Gasteiger charge is 2.18. The monoisotopic (exact) mass is 242 g/mol. The second-order valence-electron chi connectivity index (χ2n) is 4.90. The maximum Gasteiger partial charge on any atom is 0.133 e. The lowest BCUT2D eigenvalue weighted by molar-refractivity contribution is 0.446. The maximum atomic E-state index is 4.73. The molecule has 2 aromatic rings. The van der Waals surface area contributed by atoms with E-state index in [1.165, 1.54) is 12.8 Å². The standard InChI is InChI=1S/C14H18N4/c1-10-7-13(11-4-6-16-8-11)18-14(17-10)12-3-2-5-15-9-12/h4,6-8,12,15-16H,2-3,5,9H2,1H3. The molecule has 0 aliphatic carbocycles. The van der Waals surface area contributed by atoms with E-state index in [4.69, 9.17) is 4.98 Å². The van der Waals surface area contributed by atoms with Gasteiger partial charge in [0.15, 0.2) is 0 Å². The Balaban J connectivity index is 1.95. The van der Waals surface area contributed by atoms with Crippen LogP contribution in [0.5, 0.6) is 0 Å². The van der Waals surface area contributed by atoms with Crippen molar-refractivity contribution in [2.45, 2.75) is 25.7 Å². The number of H-pyrrole nitrogens is 1. The highest BCUT2D eigenvalue weighted by molar-refractivity contribution is 5.58. The minimum Gasteiger partial charge on any atom is -0.367 e. The topological polar surface area (TPSA) is 53.6 Å². The predicted molar refractivity (Wildman–Crippen MR) is 71.4 cm³/mol. The molecule has 4 heteroatoms. The number of aryl methyl sites for hydroxylation is 1. The van der Waals surface area contributed by atoms with E-state index in [1.807, 2.05) is 31.5 Å². The number of aromatic amines is 1. The van der Waals surface area contributed by atoms with Gasteiger partial charge in [-0.25, -0.2) is 9.97 Å². The van der Waals surface area contributed by atoms with E-state index in [1.54, 1.807) is 0 Å². The molecule has 0 amide bonds. The molecule has 0 radical (unpaired) electrons. The fourth-order valence-corrected chi connectivity index (χ4v) is 2.48. The van der Waals surface area contributed by atoms with E-state index in [-0.39, 0.29) is 0 Å². The highest BCUT2D eigenvalue weighted by atomic mass is 14.9. The Bertz CT molecular complexity index is 513. The van der Waals surface area contributed by atoms with Gasteiger partial charge in [-0.05, 0) is 38.4 Å². The zero-order valence-electron chi connectivity index (χ0n) is 10.6. The molecule has 0 spiro atoms. The summed E-state index contributed by atoms with van der Waals surface area (Å²) in [5, 5.41) is 3.42. The SMILES string of the molecule is Cc1cc(-c2cc[nH]c2)nc(C2CCCNC2)n1. The summed E-state index contributed by atoms with van der Waals surface area (Å²) in [5.41, 5.74) is 3.19. The van der Waals surface area contributed by atoms with E-state index in [2.05, 4.69) is 15.3 Å². The molecule has 1 aliphatic rings. The molecule has 1 saturated heterocycles. The summed E-state index contributed by atoms with van der Waals surface area (Å²) in [6, 6.07) is 4.09. The van der Waals surface area contributed by atoms with Crippen molar-refractivity contribution in [2.75, 3.05) is 13.1 Å². The van der Waals surface area contributed by atoms with Gasteiger partial charge in [0.05, 0.1) is 5.69 Å². The first kappa shape index (κ1) is 11.4. The third-order valence-electron chi connectivity index (χ3n) is 3.43. The van der Waals surface area contributed by atoms with Gasteiger partial charge < -0.3 is 10.3 Å². The normalized spacial score (nSPS) is 19.9. The highest BCUT2D eigenvalue weighted by Crippen LogP contribution is 2.23. The summed E-state index contributed by atoms with van der Waals surface area (Å²) >= 11 is 0. The van der Waals surface area contributed by atoms with Crippen molar-refractivity contribution >= 4 is 0 Å². The molecule has 94 valence electrons. The molecule has 0 bridgehead atoms. The Morgan fingerprint density at radius 2 is 2.28 bits per heavy atom. The van der Waals surface area contributed by atoms with Gasteiger partial charge in [-0.2, -0.15) is 0 Å². The lowest BCUT2D eigenvalue weighted by Crippen LogP contribution is -2.29. The zero-order chi connectivity index (χ0) is 12.4. The van der Waals surface area contributed by atoms with Gasteiger partial charge in [0.1, 0.15) is 5.82 Å². The van der Waals surface area contributed by atoms with Crippen LogP contribution >= 0.6 is 0 Å². The predicted octanol–water partition coefficient (Wildman–Crippen LogP) is 2.25. The molecular weight excluding hydrogens is 224 g/mol. The molecule has 1 unspecified atom stereocenters. The molecule has 0 saturated carbocycles. The third kappa shape index (κ3) is 2.29. The molecule has 2 aromatic heterocycles. The molecular formula is C14H18N4. The van der Waals surface area contributed by atoms with Gasteiger partial charge in [-0.1, -0.05) is 0 Å². The zero-order valence-corrected chi connectivity index (χ0v) is 10.6. The van der Waals surface area contributed by atoms with Crippen molar-refractivity contribution in [3.8, 4) is 11.3 Å². The Hall–Kier alpha value is -1.68. The Labute approximate surface area is 107 Å². The summed E-state index contributed by atoms with van der Waals surface area (Å²) in [4.78, 5) is 12.4. The quantitative estimate of drug-likeness (QED) is 0.849. The largest absolute Gasteiger partial charge is 0.367 e. The maximum absolute atomic E-state index is 4.73. The van der Waals surface area contributed by atoms with Crippen LogP contribution in [-0.4, -0.2) is 28.0 Å². The average Bonchev–Trinajstić information content (AvgIpc) is 2.93. The average molecular weight is 242 g/mol. The fraction of sp³-hybridized carbons (Fsp3) is 0.429. The van der Waals surface area contributed by atoms with Crippen molar-refractivity contribution in [1.29, 1.82) is 0 Å². The first-order valence-electron chi connectivity index (χ1n) is 6.52. The van der Waals surface area contributed by atoms with E-state index >= 15 is 0 Å². The van der Waals surface area contributed by atoms with E-state index < -0.39 is 0 Å². The second kappa shape index (κ2) is 4.90. The third-order valence-corrected chi connectivity index (χ3v) is 3.43. The number of piperidine rings is 1. The van der Waals surface area contributed by atoms with E-state index in [0.29, 0.717) is 5.92 Å². The fourth-order valence-electron chi connectivity index (χ4n) is 2.48. The summed E-state index contributed by atoms with van der Waals surface area (Å²) in [6.45, 7) is 4.15. The number of rotatable bonds is 2. The molecule has 2 N–H and O–H groups in total. The lowest BCUT2D eigenvalue weighted by Gasteiger charge is -2.22. The summed E-state index contributed by atoms with van der Waals surface area (Å²) in [5.74, 6) is 1.44. The Morgan fingerprint density at radius 1 is 1.33 bits per heavy atom. The van der Waals surface area contributed by atoms with Crippen molar-refractivity contribution in [3.63, 3.8) is 0 Å². The minimum atomic E-state index is 0.455. The van der Waals surface area contributed by atoms with Crippen LogP contribution in [0.25, 0.3) is 11.3 Å². The van der Waals surface area contributed by atoms with Crippen LogP contribution in [0.3, 0.4) is 0 Å². The van der Waals surface area contributed by atoms with Gasteiger partial charge >= 0.3 is 0 Å². The second-order valence-corrected chi connectivity index (χ2v) is 4.90. The van der Waals surface area contributed by atoms with E-state index in [9.17, 15) is 0 Å². The Morgan fingerprint density at radius 3 is 3.00 bits per heavy atom. The number of aromatic nitrogens is 3. The van der Waals surface area contributed by atoms with Crippen LogP contribution in [0.4, 0.5) is 0 Å². The molecule has 1 atom stereocenters. The van der Waals surface area contributed by atoms with Crippen LogP contribution in [0, 0.1) is 6.92 Å². The van der Waals surface area contributed by atoms with Crippen molar-refractivity contribution < 1.29 is 0 Å². The molecule has 1 fully saturated rings. The Kier molecular flexibility index (Phi) is 3.11. The minimum absolute atomic E-state index is 0.455. The van der Waals surface area contributed by atoms with Gasteiger partial charge in [0.2, 0.25) is 0 Å². The van der Waals surface area contributed by atoms with E-state index in [0.717, 1.165) is 35.9 Å². The van der Waals surface area contributed by atoms with Crippen molar-refractivity contribution in [1.82, 2.24) is 20.3 Å². The van der Waals surface area contributed by atoms with Gasteiger partial charge in [-0.3, -0.25) is 0 Å². The van der Waals surface area contributed by atoms with Crippen LogP contribution in [-0.2, 0) is 0 Å². The number of nitrogens with one attached hydrogen (secondary N) is 2. The van der Waals surface area contributed by atoms with Crippen LogP contribution in [0.2, 0.25) is 0 Å². The first-order chi connectivity index (χ1) is 8.83. The van der Waals surface area contributed by atoms with Gasteiger partial charge in [0, 0.05) is 36.1 Å². The summed E-state index contributed by atoms with van der Waals surface area (Å²) in [6.07, 6.45) is 6.30. The molecule has 0 aromatic carbocycles.